The first-order chi connectivity index (χ1) is 17.0. The third-order valence-electron chi connectivity index (χ3n) is 5.31. The minimum Gasteiger partial charge on any atom is -0.493 e. The molecule has 1 heterocycles. The summed E-state index contributed by atoms with van der Waals surface area (Å²) in [7, 11) is 4.31. The van der Waals surface area contributed by atoms with Crippen molar-refractivity contribution in [3.8, 4) is 17.6 Å². The molecule has 3 rings (SSSR count). The van der Waals surface area contributed by atoms with Crippen molar-refractivity contribution in [1.29, 1.82) is 5.26 Å². The van der Waals surface area contributed by atoms with Gasteiger partial charge in [-0.05, 0) is 18.6 Å². The second-order valence-corrected chi connectivity index (χ2v) is 8.22. The molecule has 0 radical (unpaired) electrons. The van der Waals surface area contributed by atoms with Crippen LogP contribution in [-0.4, -0.2) is 45.6 Å². The van der Waals surface area contributed by atoms with E-state index in [1.165, 1.54) is 21.3 Å². The summed E-state index contributed by atoms with van der Waals surface area (Å²) >= 11 is 1.12. The Morgan fingerprint density at radius 1 is 1.06 bits per heavy atom. The zero-order valence-electron chi connectivity index (χ0n) is 19.9. The number of hydrogen-bond donors (Lipinski definition) is 1. The van der Waals surface area contributed by atoms with Gasteiger partial charge >= 0.3 is 11.9 Å². The number of allylic oxidation sites excluding steroid dienone is 1. The number of ether oxygens (including phenoxy) is 4. The van der Waals surface area contributed by atoms with E-state index < -0.39 is 17.9 Å². The number of nitrogens with one attached hydrogen (secondary N) is 1. The summed E-state index contributed by atoms with van der Waals surface area (Å²) in [6.45, 7) is 1.87. The molecule has 35 heavy (non-hydrogen) atoms. The monoisotopic (exact) mass is 494 g/mol. The van der Waals surface area contributed by atoms with Crippen molar-refractivity contribution < 1.29 is 28.5 Å². The number of nitrogens with zero attached hydrogens (tertiary/aromatic N) is 1. The number of methoxy groups -OCH3 is 3. The summed E-state index contributed by atoms with van der Waals surface area (Å²) in [6, 6.07) is 16.8. The van der Waals surface area contributed by atoms with Gasteiger partial charge < -0.3 is 24.3 Å². The second kappa shape index (κ2) is 12.0. The summed E-state index contributed by atoms with van der Waals surface area (Å²) in [4.78, 5) is 25.3. The van der Waals surface area contributed by atoms with Crippen molar-refractivity contribution in [3.63, 3.8) is 0 Å². The van der Waals surface area contributed by atoms with Gasteiger partial charge in [-0.25, -0.2) is 4.79 Å². The lowest BCUT2D eigenvalue weighted by atomic mass is 9.80. The van der Waals surface area contributed by atoms with E-state index in [1.54, 1.807) is 25.1 Å². The van der Waals surface area contributed by atoms with Crippen LogP contribution < -0.4 is 14.8 Å². The minimum absolute atomic E-state index is 0.0250. The SMILES string of the molecule is CCOC(=O)C1=C(c2ccccc2)NC(SCC(=O)OC)=C(C#N)[C@H]1c1cccc(OC)c1OC. The molecule has 0 unspecified atom stereocenters. The molecule has 182 valence electrons. The maximum atomic E-state index is 13.4. The van der Waals surface area contributed by atoms with E-state index in [0.717, 1.165) is 17.3 Å². The maximum absolute atomic E-state index is 13.4. The van der Waals surface area contributed by atoms with Crippen LogP contribution in [0.2, 0.25) is 0 Å². The molecule has 1 atom stereocenters. The number of rotatable bonds is 9. The molecule has 0 saturated carbocycles. The average molecular weight is 495 g/mol. The predicted octanol–water partition coefficient (Wildman–Crippen LogP) is 4.01. The van der Waals surface area contributed by atoms with Gasteiger partial charge in [0.1, 0.15) is 0 Å². The number of hydrogen-bond acceptors (Lipinski definition) is 9. The third kappa shape index (κ3) is 5.44. The Kier molecular flexibility index (Phi) is 8.81. The van der Waals surface area contributed by atoms with E-state index in [-0.39, 0.29) is 23.5 Å². The van der Waals surface area contributed by atoms with Gasteiger partial charge in [-0.1, -0.05) is 54.2 Å². The molecular formula is C26H26N2O6S. The Morgan fingerprint density at radius 2 is 1.80 bits per heavy atom. The molecule has 0 aliphatic carbocycles. The van der Waals surface area contributed by atoms with Gasteiger partial charge in [0.2, 0.25) is 0 Å². The van der Waals surface area contributed by atoms with Crippen molar-refractivity contribution in [2.45, 2.75) is 12.8 Å². The van der Waals surface area contributed by atoms with Crippen LogP contribution in [0.15, 0.2) is 64.7 Å². The smallest absolute Gasteiger partial charge is 0.337 e. The lowest BCUT2D eigenvalue weighted by Crippen LogP contribution is -2.29. The predicted molar refractivity (Wildman–Crippen MR) is 133 cm³/mol. The molecular weight excluding hydrogens is 468 g/mol. The number of thioether (sulfide) groups is 1. The van der Waals surface area contributed by atoms with E-state index in [0.29, 0.717) is 27.8 Å². The van der Waals surface area contributed by atoms with Crippen LogP contribution in [0.3, 0.4) is 0 Å². The van der Waals surface area contributed by atoms with Gasteiger partial charge in [-0.3, -0.25) is 4.79 Å². The van der Waals surface area contributed by atoms with Crippen LogP contribution in [0.5, 0.6) is 11.5 Å². The van der Waals surface area contributed by atoms with Crippen LogP contribution in [0.1, 0.15) is 24.0 Å². The van der Waals surface area contributed by atoms with E-state index in [2.05, 4.69) is 11.4 Å². The quantitative estimate of drug-likeness (QED) is 0.518. The summed E-state index contributed by atoms with van der Waals surface area (Å²) in [5.41, 5.74) is 2.25. The largest absolute Gasteiger partial charge is 0.493 e. The van der Waals surface area contributed by atoms with Crippen molar-refractivity contribution in [2.75, 3.05) is 33.7 Å². The number of esters is 2. The first-order valence-corrected chi connectivity index (χ1v) is 11.8. The Hall–Kier alpha value is -3.90. The summed E-state index contributed by atoms with van der Waals surface area (Å²) in [6.07, 6.45) is 0. The molecule has 0 amide bonds. The lowest BCUT2D eigenvalue weighted by molar-refractivity contribution is -0.139. The molecule has 9 heteroatoms. The highest BCUT2D eigenvalue weighted by Gasteiger charge is 2.39. The van der Waals surface area contributed by atoms with Crippen molar-refractivity contribution in [3.05, 3.63) is 75.8 Å². The highest BCUT2D eigenvalue weighted by atomic mass is 32.2. The van der Waals surface area contributed by atoms with Gasteiger partial charge in [-0.2, -0.15) is 5.26 Å². The Bertz CT molecular complexity index is 1200. The summed E-state index contributed by atoms with van der Waals surface area (Å²) in [5.74, 6) is -1.05. The third-order valence-corrected chi connectivity index (χ3v) is 6.31. The van der Waals surface area contributed by atoms with Crippen molar-refractivity contribution in [1.82, 2.24) is 5.32 Å². The number of benzene rings is 2. The van der Waals surface area contributed by atoms with Crippen LogP contribution in [0.25, 0.3) is 5.70 Å². The van der Waals surface area contributed by atoms with E-state index >= 15 is 0 Å². The van der Waals surface area contributed by atoms with E-state index in [4.69, 9.17) is 18.9 Å². The molecule has 1 aliphatic rings. The maximum Gasteiger partial charge on any atom is 0.337 e. The summed E-state index contributed by atoms with van der Waals surface area (Å²) < 4.78 is 21.3. The van der Waals surface area contributed by atoms with Gasteiger partial charge in [-0.15, -0.1) is 0 Å². The Labute approximate surface area is 208 Å². The van der Waals surface area contributed by atoms with Gasteiger partial charge in [0.15, 0.2) is 11.5 Å². The van der Waals surface area contributed by atoms with Crippen molar-refractivity contribution >= 4 is 29.4 Å². The molecule has 2 aromatic rings. The number of nitriles is 1. The first-order valence-electron chi connectivity index (χ1n) is 10.8. The van der Waals surface area contributed by atoms with E-state index in [9.17, 15) is 14.9 Å². The lowest BCUT2D eigenvalue weighted by Gasteiger charge is -2.31. The number of carbonyl (C=O) groups excluding carboxylic acids is 2. The van der Waals surface area contributed by atoms with Gasteiger partial charge in [0.25, 0.3) is 0 Å². The fourth-order valence-corrected chi connectivity index (χ4v) is 4.67. The van der Waals surface area contributed by atoms with Crippen LogP contribution in [-0.2, 0) is 19.1 Å². The van der Waals surface area contributed by atoms with Crippen LogP contribution in [0, 0.1) is 11.3 Å². The zero-order chi connectivity index (χ0) is 25.4. The number of carbonyl (C=O) groups is 2. The summed E-state index contributed by atoms with van der Waals surface area (Å²) in [5, 5.41) is 13.9. The van der Waals surface area contributed by atoms with Crippen LogP contribution >= 0.6 is 11.8 Å². The highest BCUT2D eigenvalue weighted by molar-refractivity contribution is 8.03. The minimum atomic E-state index is -0.847. The molecule has 0 bridgehead atoms. The number of para-hydroxylation sites is 1. The standard InChI is InChI=1S/C26H26N2O6S/c1-5-34-26(30)22-21(17-12-9-13-19(31-2)24(17)33-4)18(14-27)25(35-15-20(29)32-3)28-23(22)16-10-7-6-8-11-16/h6-13,21,28H,5,15H2,1-4H3/t21-/m1/s1. The van der Waals surface area contributed by atoms with Crippen LogP contribution in [0.4, 0.5) is 0 Å². The molecule has 0 saturated heterocycles. The van der Waals surface area contributed by atoms with Gasteiger partial charge in [0.05, 0.1) is 67.5 Å². The molecule has 0 fully saturated rings. The molecule has 2 aromatic carbocycles. The topological polar surface area (TPSA) is 107 Å². The fourth-order valence-electron chi connectivity index (χ4n) is 3.80. The zero-order valence-corrected chi connectivity index (χ0v) is 20.7. The fraction of sp³-hybridized carbons (Fsp3) is 0.269. The Balaban J connectivity index is 2.34. The number of dihydropyridines is 1. The molecule has 1 aliphatic heterocycles. The van der Waals surface area contributed by atoms with Crippen molar-refractivity contribution in [2.24, 2.45) is 0 Å². The first kappa shape index (κ1) is 25.7. The normalized spacial score (nSPS) is 15.1. The average Bonchev–Trinajstić information content (AvgIpc) is 2.90. The Morgan fingerprint density at radius 3 is 2.40 bits per heavy atom. The van der Waals surface area contributed by atoms with Gasteiger partial charge in [0, 0.05) is 5.56 Å². The molecule has 0 spiro atoms. The second-order valence-electron chi connectivity index (χ2n) is 7.24. The van der Waals surface area contributed by atoms with E-state index in [1.807, 2.05) is 30.3 Å². The molecule has 8 nitrogen and oxygen atoms in total. The molecule has 0 aromatic heterocycles. The molecule has 1 N–H and O–H groups in total. The highest BCUT2D eigenvalue weighted by Crippen LogP contribution is 2.48.